The highest BCUT2D eigenvalue weighted by Gasteiger charge is 2.44. The predicted molar refractivity (Wildman–Crippen MR) is 155 cm³/mol. The Morgan fingerprint density at radius 1 is 0.861 bits per heavy atom. The van der Waals surface area contributed by atoms with Crippen molar-refractivity contribution in [1.82, 2.24) is 0 Å². The second kappa shape index (κ2) is 12.3. The zero-order chi connectivity index (χ0) is 24.9. The molecule has 0 unspecified atom stereocenters. The maximum absolute atomic E-state index is 10.2. The van der Waals surface area contributed by atoms with Crippen LogP contribution in [0.2, 0.25) is 0 Å². The van der Waals surface area contributed by atoms with E-state index in [0.29, 0.717) is 0 Å². The average molecular weight is 562 g/mol. The summed E-state index contributed by atoms with van der Waals surface area (Å²) in [7, 11) is -1.86. The van der Waals surface area contributed by atoms with Crippen molar-refractivity contribution in [2.75, 3.05) is 6.16 Å². The molecule has 4 rings (SSSR count). The van der Waals surface area contributed by atoms with E-state index in [1.165, 1.54) is 32.6 Å². The number of aliphatic hydroxyl groups excluding tert-OH is 1. The van der Waals surface area contributed by atoms with Crippen molar-refractivity contribution >= 4 is 23.2 Å². The molecule has 3 aromatic rings. The van der Waals surface area contributed by atoms with Gasteiger partial charge in [0.2, 0.25) is 0 Å². The number of rotatable bonds is 7. The topological polar surface area (TPSA) is 20.2 Å². The molecular weight excluding hydrogens is 523 g/mol. The lowest BCUT2D eigenvalue weighted by Crippen LogP contribution is -3.00. The molecule has 3 aromatic carbocycles. The molecule has 0 fully saturated rings. The van der Waals surface area contributed by atoms with Crippen LogP contribution in [0.15, 0.2) is 126 Å². The maximum atomic E-state index is 10.2. The summed E-state index contributed by atoms with van der Waals surface area (Å²) in [6.07, 6.45) is 9.33. The van der Waals surface area contributed by atoms with E-state index in [1.807, 2.05) is 0 Å². The molecule has 0 aromatic heterocycles. The second-order valence-corrected chi connectivity index (χ2v) is 14.0. The third-order valence-corrected chi connectivity index (χ3v) is 11.5. The molecule has 0 saturated heterocycles. The Morgan fingerprint density at radius 2 is 1.31 bits per heavy atom. The lowest BCUT2D eigenvalue weighted by Gasteiger charge is -2.35. The third-order valence-electron chi connectivity index (χ3n) is 7.27. The standard InChI is InChI=1S/C33H38OP.BrH/c1-26(20-21-32-27(2)24-28(34)25-33(32,3)4)22-23-35(29-14-8-5-9-15-29,30-16-10-6-11-17-30)31-18-12-7-13-19-31;/h5-22,28,34H,23-25H2,1-4H3;1H/q+1;/p-1/b21-20+,26-22+;/t28-;/m1./s1. The summed E-state index contributed by atoms with van der Waals surface area (Å²) in [5.74, 6) is 0. The zero-order valence-corrected chi connectivity index (χ0v) is 24.3. The molecular formula is C33H38BrOP. The molecule has 0 amide bonds. The maximum Gasteiger partial charge on any atom is 0.115 e. The van der Waals surface area contributed by atoms with Gasteiger partial charge in [-0.25, -0.2) is 0 Å². The fourth-order valence-electron chi connectivity index (χ4n) is 5.55. The summed E-state index contributed by atoms with van der Waals surface area (Å²) in [6.45, 7) is 8.87. The van der Waals surface area contributed by atoms with Crippen molar-refractivity contribution in [3.8, 4) is 0 Å². The van der Waals surface area contributed by atoms with Crippen molar-refractivity contribution in [3.05, 3.63) is 126 Å². The third kappa shape index (κ3) is 6.17. The molecule has 0 saturated carbocycles. The molecule has 1 aliphatic rings. The molecule has 0 bridgehead atoms. The van der Waals surface area contributed by atoms with Crippen molar-refractivity contribution in [2.45, 2.75) is 46.6 Å². The highest BCUT2D eigenvalue weighted by atomic mass is 79.9. The summed E-state index contributed by atoms with van der Waals surface area (Å²) in [5.41, 5.74) is 3.94. The molecule has 3 heteroatoms. The first-order valence-electron chi connectivity index (χ1n) is 12.6. The number of benzene rings is 3. The minimum atomic E-state index is -1.86. The van der Waals surface area contributed by atoms with E-state index in [0.717, 1.165) is 19.0 Å². The fraction of sp³-hybridized carbons (Fsp3) is 0.273. The first-order valence-corrected chi connectivity index (χ1v) is 14.6. The highest BCUT2D eigenvalue weighted by molar-refractivity contribution is 7.95. The number of hydrogen-bond acceptors (Lipinski definition) is 1. The normalized spacial score (nSPS) is 18.2. The van der Waals surface area contributed by atoms with Gasteiger partial charge in [0, 0.05) is 0 Å². The van der Waals surface area contributed by atoms with Crippen LogP contribution in [0.4, 0.5) is 0 Å². The molecule has 1 N–H and O–H groups in total. The van der Waals surface area contributed by atoms with Gasteiger partial charge in [-0.2, -0.15) is 0 Å². The van der Waals surface area contributed by atoms with E-state index in [9.17, 15) is 5.11 Å². The van der Waals surface area contributed by atoms with E-state index in [4.69, 9.17) is 0 Å². The number of hydrogen-bond donors (Lipinski definition) is 1. The first-order chi connectivity index (χ1) is 16.8. The van der Waals surface area contributed by atoms with Gasteiger partial charge in [0.25, 0.3) is 0 Å². The van der Waals surface area contributed by atoms with Crippen LogP contribution >= 0.6 is 7.26 Å². The molecule has 1 aliphatic carbocycles. The van der Waals surface area contributed by atoms with Crippen LogP contribution in [-0.4, -0.2) is 17.4 Å². The van der Waals surface area contributed by atoms with Crippen molar-refractivity contribution in [1.29, 1.82) is 0 Å². The molecule has 0 heterocycles. The lowest BCUT2D eigenvalue weighted by atomic mass is 9.71. The van der Waals surface area contributed by atoms with Gasteiger partial charge in [-0.05, 0) is 80.2 Å². The van der Waals surface area contributed by atoms with Gasteiger partial charge in [-0.3, -0.25) is 0 Å². The molecule has 188 valence electrons. The van der Waals surface area contributed by atoms with E-state index >= 15 is 0 Å². The van der Waals surface area contributed by atoms with Gasteiger partial charge in [-0.1, -0.05) is 91.7 Å². The number of aliphatic hydroxyl groups is 1. The summed E-state index contributed by atoms with van der Waals surface area (Å²) >= 11 is 0. The van der Waals surface area contributed by atoms with Crippen LogP contribution < -0.4 is 32.9 Å². The van der Waals surface area contributed by atoms with Crippen molar-refractivity contribution in [2.24, 2.45) is 5.41 Å². The highest BCUT2D eigenvalue weighted by Crippen LogP contribution is 2.55. The summed E-state index contributed by atoms with van der Waals surface area (Å²) < 4.78 is 0. The smallest absolute Gasteiger partial charge is 0.115 e. The number of allylic oxidation sites excluding steroid dienone is 5. The molecule has 1 nitrogen and oxygen atoms in total. The van der Waals surface area contributed by atoms with Crippen LogP contribution in [0.5, 0.6) is 0 Å². The van der Waals surface area contributed by atoms with Crippen LogP contribution in [0.3, 0.4) is 0 Å². The largest absolute Gasteiger partial charge is 1.00 e. The summed E-state index contributed by atoms with van der Waals surface area (Å²) in [6, 6.07) is 33.1. The predicted octanol–water partition coefficient (Wildman–Crippen LogP) is 3.98. The monoisotopic (exact) mass is 560 g/mol. The van der Waals surface area contributed by atoms with Gasteiger partial charge in [-0.15, -0.1) is 0 Å². The van der Waals surface area contributed by atoms with Crippen LogP contribution in [0, 0.1) is 5.41 Å². The first kappa shape index (κ1) is 28.3. The molecule has 36 heavy (non-hydrogen) atoms. The summed E-state index contributed by atoms with van der Waals surface area (Å²) in [4.78, 5) is 0. The van der Waals surface area contributed by atoms with Crippen LogP contribution in [0.25, 0.3) is 0 Å². The van der Waals surface area contributed by atoms with Gasteiger partial charge < -0.3 is 22.1 Å². The van der Waals surface area contributed by atoms with E-state index in [2.05, 4.69) is 137 Å². The summed E-state index contributed by atoms with van der Waals surface area (Å²) in [5, 5.41) is 14.5. The zero-order valence-electron chi connectivity index (χ0n) is 21.9. The Morgan fingerprint density at radius 3 is 1.72 bits per heavy atom. The van der Waals surface area contributed by atoms with E-state index in [-0.39, 0.29) is 28.5 Å². The fourth-order valence-corrected chi connectivity index (χ4v) is 9.69. The molecule has 0 aliphatic heterocycles. The Bertz CT molecular complexity index is 1110. The molecule has 0 spiro atoms. The van der Waals surface area contributed by atoms with Crippen molar-refractivity contribution in [3.63, 3.8) is 0 Å². The van der Waals surface area contributed by atoms with Gasteiger partial charge in [0.1, 0.15) is 23.2 Å². The van der Waals surface area contributed by atoms with Gasteiger partial charge in [0.15, 0.2) is 0 Å². The lowest BCUT2D eigenvalue weighted by molar-refractivity contribution is -0.0000117. The molecule has 1 atom stereocenters. The Hall–Kier alpha value is -2.25. The average Bonchev–Trinajstić information content (AvgIpc) is 2.85. The Balaban J connectivity index is 0.00000361. The quantitative estimate of drug-likeness (QED) is 0.342. The Labute approximate surface area is 228 Å². The molecule has 0 radical (unpaired) electrons. The Kier molecular flexibility index (Phi) is 9.70. The second-order valence-electron chi connectivity index (χ2n) is 10.4. The number of halogens is 1. The van der Waals surface area contributed by atoms with Crippen LogP contribution in [-0.2, 0) is 0 Å². The van der Waals surface area contributed by atoms with E-state index in [1.54, 1.807) is 0 Å². The van der Waals surface area contributed by atoms with E-state index < -0.39 is 7.26 Å². The van der Waals surface area contributed by atoms with Crippen molar-refractivity contribution < 1.29 is 22.1 Å². The van der Waals surface area contributed by atoms with Gasteiger partial charge >= 0.3 is 0 Å². The van der Waals surface area contributed by atoms with Crippen LogP contribution in [0.1, 0.15) is 40.5 Å². The minimum Gasteiger partial charge on any atom is -1.00 e. The SMILES string of the molecule is CC1=C(/C=C/C(C)=C/C[P+](c2ccccc2)(c2ccccc2)c2ccccc2)C(C)(C)C[C@H](O)C1.[Br-]. The van der Waals surface area contributed by atoms with Gasteiger partial charge in [0.05, 0.1) is 12.3 Å². The minimum absolute atomic E-state index is 0.